The van der Waals surface area contributed by atoms with E-state index in [9.17, 15) is 13.8 Å². The molecule has 0 saturated carbocycles. The lowest BCUT2D eigenvalue weighted by molar-refractivity contribution is -0.144. The summed E-state index contributed by atoms with van der Waals surface area (Å²) < 4.78 is 22.0. The van der Waals surface area contributed by atoms with Crippen molar-refractivity contribution in [3.05, 3.63) is 0 Å². The standard InChI is InChI=1S/C12H20O5S/c1-3-16-12(14)5-4-10(13)8-18(15)11-6-7-17-9(11)2/h9,11H,3-8H2,1-2H3. The fraction of sp³-hybridized carbons (Fsp3) is 0.833. The second kappa shape index (κ2) is 7.63. The van der Waals surface area contributed by atoms with E-state index in [1.165, 1.54) is 0 Å². The molecule has 5 nitrogen and oxygen atoms in total. The van der Waals surface area contributed by atoms with Gasteiger partial charge in [0.1, 0.15) is 5.78 Å². The van der Waals surface area contributed by atoms with Crippen molar-refractivity contribution in [2.45, 2.75) is 44.5 Å². The van der Waals surface area contributed by atoms with Crippen LogP contribution in [0.1, 0.15) is 33.1 Å². The molecule has 0 aliphatic carbocycles. The summed E-state index contributed by atoms with van der Waals surface area (Å²) in [4.78, 5) is 22.7. The molecule has 1 heterocycles. The van der Waals surface area contributed by atoms with Gasteiger partial charge in [0, 0.05) is 23.8 Å². The van der Waals surface area contributed by atoms with Crippen LogP contribution >= 0.6 is 0 Å². The fourth-order valence-electron chi connectivity index (χ4n) is 1.87. The first-order valence-electron chi connectivity index (χ1n) is 6.20. The second-order valence-corrected chi connectivity index (χ2v) is 5.93. The monoisotopic (exact) mass is 276 g/mol. The first-order valence-corrected chi connectivity index (χ1v) is 7.59. The summed E-state index contributed by atoms with van der Waals surface area (Å²) in [7, 11) is -1.20. The number of rotatable bonds is 7. The third-order valence-corrected chi connectivity index (χ3v) is 4.76. The van der Waals surface area contributed by atoms with Crippen molar-refractivity contribution in [1.82, 2.24) is 0 Å². The maximum atomic E-state index is 11.9. The Morgan fingerprint density at radius 1 is 1.39 bits per heavy atom. The summed E-state index contributed by atoms with van der Waals surface area (Å²) in [6.45, 7) is 4.51. The van der Waals surface area contributed by atoms with Crippen molar-refractivity contribution < 1.29 is 23.3 Å². The number of ether oxygens (including phenoxy) is 2. The van der Waals surface area contributed by atoms with Crippen LogP contribution < -0.4 is 0 Å². The summed E-state index contributed by atoms with van der Waals surface area (Å²) in [6, 6.07) is 0. The zero-order chi connectivity index (χ0) is 13.5. The highest BCUT2D eigenvalue weighted by Crippen LogP contribution is 2.19. The van der Waals surface area contributed by atoms with Gasteiger partial charge in [-0.25, -0.2) is 0 Å². The summed E-state index contributed by atoms with van der Waals surface area (Å²) in [5, 5.41) is -0.0588. The van der Waals surface area contributed by atoms with Crippen LogP contribution in [0.4, 0.5) is 0 Å². The minimum absolute atomic E-state index is 0.0117. The predicted octanol–water partition coefficient (Wildman–Crippen LogP) is 0.825. The van der Waals surface area contributed by atoms with E-state index in [2.05, 4.69) is 0 Å². The van der Waals surface area contributed by atoms with Crippen molar-refractivity contribution in [2.75, 3.05) is 19.0 Å². The summed E-state index contributed by atoms with van der Waals surface area (Å²) >= 11 is 0. The molecule has 3 unspecified atom stereocenters. The van der Waals surface area contributed by atoms with E-state index >= 15 is 0 Å². The van der Waals surface area contributed by atoms with E-state index in [4.69, 9.17) is 9.47 Å². The van der Waals surface area contributed by atoms with Gasteiger partial charge in [0.2, 0.25) is 0 Å². The largest absolute Gasteiger partial charge is 0.466 e. The molecule has 0 amide bonds. The van der Waals surface area contributed by atoms with Gasteiger partial charge in [0.25, 0.3) is 0 Å². The molecule has 1 aliphatic heterocycles. The average molecular weight is 276 g/mol. The van der Waals surface area contributed by atoms with Crippen LogP contribution in [0.25, 0.3) is 0 Å². The van der Waals surface area contributed by atoms with Crippen molar-refractivity contribution in [2.24, 2.45) is 0 Å². The number of ketones is 1. The van der Waals surface area contributed by atoms with E-state index in [1.807, 2.05) is 6.92 Å². The van der Waals surface area contributed by atoms with Gasteiger partial charge < -0.3 is 9.47 Å². The van der Waals surface area contributed by atoms with Crippen LogP contribution in [0.15, 0.2) is 0 Å². The number of carbonyl (C=O) groups excluding carboxylic acids is 2. The Bertz CT molecular complexity index is 328. The summed E-state index contributed by atoms with van der Waals surface area (Å²) in [5.41, 5.74) is 0. The Morgan fingerprint density at radius 3 is 2.67 bits per heavy atom. The van der Waals surface area contributed by atoms with Gasteiger partial charge in [0.15, 0.2) is 0 Å². The molecule has 0 radical (unpaired) electrons. The maximum Gasteiger partial charge on any atom is 0.306 e. The van der Waals surface area contributed by atoms with E-state index in [-0.39, 0.29) is 41.7 Å². The third kappa shape index (κ3) is 4.86. The van der Waals surface area contributed by atoms with Gasteiger partial charge in [-0.3, -0.25) is 13.8 Å². The molecule has 0 N–H and O–H groups in total. The number of carbonyl (C=O) groups is 2. The van der Waals surface area contributed by atoms with E-state index < -0.39 is 10.8 Å². The van der Waals surface area contributed by atoms with E-state index in [0.717, 1.165) is 6.42 Å². The highest BCUT2D eigenvalue weighted by molar-refractivity contribution is 7.86. The minimum atomic E-state index is -1.20. The summed E-state index contributed by atoms with van der Waals surface area (Å²) in [5.74, 6) is -0.521. The molecule has 0 aromatic carbocycles. The van der Waals surface area contributed by atoms with Crippen molar-refractivity contribution in [3.8, 4) is 0 Å². The average Bonchev–Trinajstić information content (AvgIpc) is 2.73. The van der Waals surface area contributed by atoms with Crippen molar-refractivity contribution in [3.63, 3.8) is 0 Å². The maximum absolute atomic E-state index is 11.9. The normalized spacial score (nSPS) is 24.8. The fourth-order valence-corrected chi connectivity index (χ4v) is 3.41. The zero-order valence-electron chi connectivity index (χ0n) is 10.8. The Hall–Kier alpha value is -0.750. The minimum Gasteiger partial charge on any atom is -0.466 e. The van der Waals surface area contributed by atoms with Gasteiger partial charge in [-0.05, 0) is 20.3 Å². The molecule has 1 fully saturated rings. The highest BCUT2D eigenvalue weighted by Gasteiger charge is 2.30. The number of esters is 1. The Labute approximate surface area is 110 Å². The first-order chi connectivity index (χ1) is 8.54. The van der Waals surface area contributed by atoms with Crippen LogP contribution in [-0.4, -0.2) is 46.3 Å². The highest BCUT2D eigenvalue weighted by atomic mass is 32.2. The van der Waals surface area contributed by atoms with Gasteiger partial charge in [-0.15, -0.1) is 0 Å². The quantitative estimate of drug-likeness (QED) is 0.644. The lowest BCUT2D eigenvalue weighted by Crippen LogP contribution is -2.28. The zero-order valence-corrected chi connectivity index (χ0v) is 11.7. The molecular weight excluding hydrogens is 256 g/mol. The van der Waals surface area contributed by atoms with Crippen LogP contribution in [0.3, 0.4) is 0 Å². The Morgan fingerprint density at radius 2 is 2.11 bits per heavy atom. The number of Topliss-reactive ketones (excluding diaryl/α,β-unsaturated/α-hetero) is 1. The van der Waals surface area contributed by atoms with Crippen molar-refractivity contribution >= 4 is 22.6 Å². The molecule has 0 spiro atoms. The molecule has 18 heavy (non-hydrogen) atoms. The molecule has 0 aromatic heterocycles. The van der Waals surface area contributed by atoms with Gasteiger partial charge >= 0.3 is 5.97 Å². The number of hydrogen-bond acceptors (Lipinski definition) is 5. The molecule has 1 rings (SSSR count). The molecule has 3 atom stereocenters. The van der Waals surface area contributed by atoms with Gasteiger partial charge in [-0.1, -0.05) is 0 Å². The van der Waals surface area contributed by atoms with E-state index in [1.54, 1.807) is 6.92 Å². The molecular formula is C12H20O5S. The smallest absolute Gasteiger partial charge is 0.306 e. The van der Waals surface area contributed by atoms with Crippen molar-refractivity contribution in [1.29, 1.82) is 0 Å². The Balaban J connectivity index is 2.27. The van der Waals surface area contributed by atoms with Crippen LogP contribution in [0.2, 0.25) is 0 Å². The molecule has 0 bridgehead atoms. The third-order valence-electron chi connectivity index (χ3n) is 2.86. The molecule has 6 heteroatoms. The van der Waals surface area contributed by atoms with Crippen LogP contribution in [0.5, 0.6) is 0 Å². The number of hydrogen-bond donors (Lipinski definition) is 0. The Kier molecular flexibility index (Phi) is 6.49. The lowest BCUT2D eigenvalue weighted by Gasteiger charge is -2.12. The van der Waals surface area contributed by atoms with Gasteiger partial charge in [0.05, 0.1) is 30.1 Å². The topological polar surface area (TPSA) is 69.7 Å². The second-order valence-electron chi connectivity index (χ2n) is 4.27. The van der Waals surface area contributed by atoms with Crippen LogP contribution in [0, 0.1) is 0 Å². The SMILES string of the molecule is CCOC(=O)CCC(=O)CS(=O)C1CCOC1C. The molecule has 1 saturated heterocycles. The van der Waals surface area contributed by atoms with Crippen LogP contribution in [-0.2, 0) is 29.9 Å². The lowest BCUT2D eigenvalue weighted by atomic mass is 10.2. The summed E-state index contributed by atoms with van der Waals surface area (Å²) in [6.07, 6.45) is 0.857. The molecule has 104 valence electrons. The first kappa shape index (κ1) is 15.3. The molecule has 1 aliphatic rings. The predicted molar refractivity (Wildman–Crippen MR) is 67.7 cm³/mol. The van der Waals surface area contributed by atoms with E-state index in [0.29, 0.717) is 13.2 Å². The molecule has 0 aromatic rings. The van der Waals surface area contributed by atoms with Gasteiger partial charge in [-0.2, -0.15) is 0 Å².